The zero-order valence-electron chi connectivity index (χ0n) is 13.2. The molecule has 0 saturated carbocycles. The Balaban J connectivity index is 2.55. The summed E-state index contributed by atoms with van der Waals surface area (Å²) in [7, 11) is 0. The van der Waals surface area contributed by atoms with Gasteiger partial charge in [0.05, 0.1) is 10.6 Å². The summed E-state index contributed by atoms with van der Waals surface area (Å²) in [6.45, 7) is 1.73. The fourth-order valence-electron chi connectivity index (χ4n) is 3.25. The van der Waals surface area contributed by atoms with E-state index >= 15 is 0 Å². The van der Waals surface area contributed by atoms with Gasteiger partial charge in [-0.3, -0.25) is 0 Å². The van der Waals surface area contributed by atoms with Crippen LogP contribution < -0.4 is 0 Å². The van der Waals surface area contributed by atoms with Gasteiger partial charge in [-0.1, -0.05) is 35.8 Å². The Morgan fingerprint density at radius 2 is 2.20 bits per heavy atom. The second-order valence-corrected chi connectivity index (χ2v) is 6.57. The molecule has 0 radical (unpaired) electrons. The number of hydrogen-bond donors (Lipinski definition) is 1. The number of carbonyl (C=O) groups is 1. The summed E-state index contributed by atoms with van der Waals surface area (Å²) in [6, 6.07) is 3.43. The number of allylic oxidation sites excluding steroid dienone is 1. The molecule has 1 aromatic rings. The molecule has 0 bridgehead atoms. The van der Waals surface area contributed by atoms with Crippen molar-refractivity contribution in [1.82, 2.24) is 0 Å². The van der Waals surface area contributed by atoms with Crippen LogP contribution in [0.3, 0.4) is 0 Å². The van der Waals surface area contributed by atoms with Crippen LogP contribution in [-0.4, -0.2) is 17.6 Å². The third kappa shape index (κ3) is 3.91. The largest absolute Gasteiger partial charge is 0.478 e. The molecule has 25 heavy (non-hydrogen) atoms. The van der Waals surface area contributed by atoms with Crippen LogP contribution in [0.5, 0.6) is 0 Å². The molecule has 0 fully saturated rings. The van der Waals surface area contributed by atoms with E-state index < -0.39 is 28.1 Å². The van der Waals surface area contributed by atoms with E-state index in [9.17, 15) is 23.1 Å². The molecule has 0 aliphatic heterocycles. The van der Waals surface area contributed by atoms with Crippen molar-refractivity contribution < 1.29 is 23.1 Å². The van der Waals surface area contributed by atoms with Gasteiger partial charge in [0.15, 0.2) is 0 Å². The summed E-state index contributed by atoms with van der Waals surface area (Å²) in [5.74, 6) is -1.35. The zero-order chi connectivity index (χ0) is 18.8. The SMILES string of the molecule is CC1(c2ccc(Cl)c(C(F)(F)F)c2)CC(CN=[N+]=[N-])CC=C1C(=O)O. The van der Waals surface area contributed by atoms with E-state index in [1.165, 1.54) is 12.1 Å². The summed E-state index contributed by atoms with van der Waals surface area (Å²) in [4.78, 5) is 14.3. The van der Waals surface area contributed by atoms with Crippen molar-refractivity contribution in [2.24, 2.45) is 11.0 Å². The Hall–Kier alpha value is -2.18. The van der Waals surface area contributed by atoms with Gasteiger partial charge in [-0.05, 0) is 42.0 Å². The fraction of sp³-hybridized carbons (Fsp3) is 0.438. The minimum Gasteiger partial charge on any atom is -0.478 e. The van der Waals surface area contributed by atoms with Gasteiger partial charge in [0, 0.05) is 22.4 Å². The standard InChI is InChI=1S/C16H15ClF3N3O2/c1-15(10-3-5-13(17)12(6-10)16(18,19)20)7-9(8-22-23-21)2-4-11(15)14(24)25/h3-6,9H,2,7-8H2,1H3,(H,24,25). The summed E-state index contributed by atoms with van der Waals surface area (Å²) in [5.41, 5.74) is 6.54. The van der Waals surface area contributed by atoms with Crippen molar-refractivity contribution in [1.29, 1.82) is 0 Å². The number of aliphatic carboxylic acids is 1. The number of carboxylic acids is 1. The minimum atomic E-state index is -4.64. The van der Waals surface area contributed by atoms with Crippen LogP contribution in [0.1, 0.15) is 30.9 Å². The van der Waals surface area contributed by atoms with Gasteiger partial charge in [0.1, 0.15) is 0 Å². The molecule has 134 valence electrons. The van der Waals surface area contributed by atoms with E-state index in [2.05, 4.69) is 10.0 Å². The predicted octanol–water partition coefficient (Wildman–Crippen LogP) is 5.35. The van der Waals surface area contributed by atoms with E-state index in [1.54, 1.807) is 6.92 Å². The third-order valence-corrected chi connectivity index (χ3v) is 4.82. The molecular formula is C16H15ClF3N3O2. The average Bonchev–Trinajstić information content (AvgIpc) is 2.51. The lowest BCUT2D eigenvalue weighted by atomic mass is 9.66. The van der Waals surface area contributed by atoms with Gasteiger partial charge in [0.2, 0.25) is 0 Å². The van der Waals surface area contributed by atoms with Crippen molar-refractivity contribution in [3.8, 4) is 0 Å². The molecule has 5 nitrogen and oxygen atoms in total. The highest BCUT2D eigenvalue weighted by atomic mass is 35.5. The monoisotopic (exact) mass is 373 g/mol. The molecule has 0 amide bonds. The molecule has 0 spiro atoms. The van der Waals surface area contributed by atoms with Crippen molar-refractivity contribution in [3.63, 3.8) is 0 Å². The molecule has 1 N–H and O–H groups in total. The number of benzene rings is 1. The number of hydrogen-bond acceptors (Lipinski definition) is 2. The number of carboxylic acid groups (broad SMARTS) is 1. The molecule has 1 aliphatic rings. The Labute approximate surface area is 146 Å². The summed E-state index contributed by atoms with van der Waals surface area (Å²) in [5, 5.41) is 12.5. The van der Waals surface area contributed by atoms with E-state index in [1.807, 2.05) is 0 Å². The maximum absolute atomic E-state index is 13.1. The van der Waals surface area contributed by atoms with Crippen LogP contribution in [0, 0.1) is 5.92 Å². The lowest BCUT2D eigenvalue weighted by Crippen LogP contribution is -2.35. The smallest absolute Gasteiger partial charge is 0.417 e. The van der Waals surface area contributed by atoms with E-state index in [-0.39, 0.29) is 30.0 Å². The van der Waals surface area contributed by atoms with Crippen molar-refractivity contribution in [2.75, 3.05) is 6.54 Å². The molecule has 0 aromatic heterocycles. The molecule has 2 atom stereocenters. The van der Waals surface area contributed by atoms with Gasteiger partial charge in [-0.25, -0.2) is 4.79 Å². The predicted molar refractivity (Wildman–Crippen MR) is 86.3 cm³/mol. The molecule has 1 aliphatic carbocycles. The number of halogens is 4. The molecule has 2 unspecified atom stereocenters. The van der Waals surface area contributed by atoms with E-state index in [0.717, 1.165) is 12.1 Å². The van der Waals surface area contributed by atoms with Gasteiger partial charge in [-0.2, -0.15) is 13.2 Å². The first-order valence-corrected chi connectivity index (χ1v) is 7.79. The van der Waals surface area contributed by atoms with Crippen LogP contribution in [0.15, 0.2) is 35.0 Å². The molecular weight excluding hydrogens is 359 g/mol. The molecule has 1 aromatic carbocycles. The molecule has 2 rings (SSSR count). The Morgan fingerprint density at radius 1 is 1.52 bits per heavy atom. The maximum atomic E-state index is 13.1. The normalized spacial score (nSPS) is 23.6. The maximum Gasteiger partial charge on any atom is 0.417 e. The average molecular weight is 374 g/mol. The van der Waals surface area contributed by atoms with Crippen molar-refractivity contribution >= 4 is 17.6 Å². The zero-order valence-corrected chi connectivity index (χ0v) is 14.0. The van der Waals surface area contributed by atoms with E-state index in [4.69, 9.17) is 17.1 Å². The second-order valence-electron chi connectivity index (χ2n) is 6.17. The topological polar surface area (TPSA) is 86.1 Å². The van der Waals surface area contributed by atoms with Crippen LogP contribution in [0.4, 0.5) is 13.2 Å². The number of rotatable bonds is 4. The van der Waals surface area contributed by atoms with E-state index in [0.29, 0.717) is 6.42 Å². The number of azide groups is 1. The molecule has 9 heteroatoms. The Kier molecular flexibility index (Phi) is 5.34. The first-order valence-electron chi connectivity index (χ1n) is 7.41. The van der Waals surface area contributed by atoms with Crippen molar-refractivity contribution in [3.05, 3.63) is 56.4 Å². The first kappa shape index (κ1) is 19.1. The summed E-state index contributed by atoms with van der Waals surface area (Å²) in [6.07, 6.45) is -2.51. The van der Waals surface area contributed by atoms with Gasteiger partial charge in [-0.15, -0.1) is 0 Å². The highest BCUT2D eigenvalue weighted by Crippen LogP contribution is 2.45. The lowest BCUT2D eigenvalue weighted by Gasteiger charge is -2.38. The van der Waals surface area contributed by atoms with Gasteiger partial charge < -0.3 is 5.11 Å². The molecule has 0 heterocycles. The lowest BCUT2D eigenvalue weighted by molar-refractivity contribution is -0.137. The summed E-state index contributed by atoms with van der Waals surface area (Å²) < 4.78 is 39.4. The van der Waals surface area contributed by atoms with Gasteiger partial charge in [0.25, 0.3) is 0 Å². The van der Waals surface area contributed by atoms with Crippen LogP contribution in [0.2, 0.25) is 5.02 Å². The Morgan fingerprint density at radius 3 is 2.76 bits per heavy atom. The number of nitrogens with zero attached hydrogens (tertiary/aromatic N) is 3. The Bertz CT molecular complexity index is 772. The van der Waals surface area contributed by atoms with Crippen LogP contribution in [-0.2, 0) is 16.4 Å². The molecule has 0 saturated heterocycles. The van der Waals surface area contributed by atoms with Gasteiger partial charge >= 0.3 is 12.1 Å². The highest BCUT2D eigenvalue weighted by Gasteiger charge is 2.42. The third-order valence-electron chi connectivity index (χ3n) is 4.49. The highest BCUT2D eigenvalue weighted by molar-refractivity contribution is 6.31. The second kappa shape index (κ2) is 6.98. The number of alkyl halides is 3. The minimum absolute atomic E-state index is 0.0279. The fourth-order valence-corrected chi connectivity index (χ4v) is 3.48. The summed E-state index contributed by atoms with van der Waals surface area (Å²) >= 11 is 5.66. The first-order chi connectivity index (χ1) is 11.6. The quantitative estimate of drug-likeness (QED) is 0.438. The van der Waals surface area contributed by atoms with Crippen LogP contribution >= 0.6 is 11.6 Å². The van der Waals surface area contributed by atoms with Crippen molar-refractivity contribution in [2.45, 2.75) is 31.4 Å². The van der Waals surface area contributed by atoms with Crippen LogP contribution in [0.25, 0.3) is 10.4 Å².